The Labute approximate surface area is 110 Å². The molecule has 1 saturated carbocycles. The molecular weight excluding hydrogens is 228 g/mol. The summed E-state index contributed by atoms with van der Waals surface area (Å²) in [5.74, 6) is 0.00483. The van der Waals surface area contributed by atoms with E-state index in [2.05, 4.69) is 17.3 Å². The maximum absolute atomic E-state index is 10.9. The molecule has 0 aromatic rings. The largest absolute Gasteiger partial charge is 0.481 e. The number of aliphatic carboxylic acids is 1. The quantitative estimate of drug-likeness (QED) is 0.799. The molecule has 1 atom stereocenters. The maximum atomic E-state index is 10.9. The van der Waals surface area contributed by atoms with Crippen molar-refractivity contribution in [3.05, 3.63) is 0 Å². The lowest BCUT2D eigenvalue weighted by atomic mass is 9.82. The highest BCUT2D eigenvalue weighted by Crippen LogP contribution is 2.28. The van der Waals surface area contributed by atoms with E-state index in [0.717, 1.165) is 38.8 Å². The zero-order valence-corrected chi connectivity index (χ0v) is 11.4. The fraction of sp³-hybridized carbons (Fsp3) is 0.929. The van der Waals surface area contributed by atoms with Crippen molar-refractivity contribution in [2.75, 3.05) is 26.7 Å². The second-order valence-electron chi connectivity index (χ2n) is 6.07. The summed E-state index contributed by atoms with van der Waals surface area (Å²) in [6.45, 7) is 3.46. The number of carboxylic acid groups (broad SMARTS) is 1. The first kappa shape index (κ1) is 13.8. The Balaban J connectivity index is 1.64. The van der Waals surface area contributed by atoms with Gasteiger partial charge in [-0.15, -0.1) is 0 Å². The lowest BCUT2D eigenvalue weighted by molar-refractivity contribution is -0.143. The van der Waals surface area contributed by atoms with Gasteiger partial charge in [0.25, 0.3) is 0 Å². The first-order valence-electron chi connectivity index (χ1n) is 7.30. The van der Waals surface area contributed by atoms with E-state index in [4.69, 9.17) is 5.11 Å². The number of nitrogens with one attached hydrogen (secondary N) is 1. The van der Waals surface area contributed by atoms with E-state index in [9.17, 15) is 4.79 Å². The van der Waals surface area contributed by atoms with Crippen LogP contribution < -0.4 is 5.32 Å². The molecule has 4 heteroatoms. The molecule has 0 spiro atoms. The summed E-state index contributed by atoms with van der Waals surface area (Å²) < 4.78 is 0. The molecule has 0 radical (unpaired) electrons. The maximum Gasteiger partial charge on any atom is 0.306 e. The van der Waals surface area contributed by atoms with Crippen molar-refractivity contribution in [1.82, 2.24) is 10.2 Å². The predicted octanol–water partition coefficient (Wildman–Crippen LogP) is 1.56. The van der Waals surface area contributed by atoms with Crippen molar-refractivity contribution in [3.63, 3.8) is 0 Å². The first-order valence-corrected chi connectivity index (χ1v) is 7.30. The van der Waals surface area contributed by atoms with Crippen molar-refractivity contribution >= 4 is 5.97 Å². The van der Waals surface area contributed by atoms with Crippen molar-refractivity contribution in [3.8, 4) is 0 Å². The average molecular weight is 254 g/mol. The highest BCUT2D eigenvalue weighted by molar-refractivity contribution is 5.69. The molecule has 1 heterocycles. The van der Waals surface area contributed by atoms with Crippen LogP contribution in [0.25, 0.3) is 0 Å². The summed E-state index contributed by atoms with van der Waals surface area (Å²) in [5.41, 5.74) is 0. The van der Waals surface area contributed by atoms with Gasteiger partial charge in [-0.3, -0.25) is 4.79 Å². The van der Waals surface area contributed by atoms with Gasteiger partial charge in [-0.2, -0.15) is 0 Å². The van der Waals surface area contributed by atoms with Crippen LogP contribution in [0.15, 0.2) is 0 Å². The Morgan fingerprint density at radius 3 is 2.61 bits per heavy atom. The molecule has 104 valence electrons. The van der Waals surface area contributed by atoms with Crippen LogP contribution in [0.3, 0.4) is 0 Å². The molecule has 18 heavy (non-hydrogen) atoms. The van der Waals surface area contributed by atoms with Crippen molar-refractivity contribution in [1.29, 1.82) is 0 Å². The smallest absolute Gasteiger partial charge is 0.306 e. The second kappa shape index (κ2) is 6.53. The van der Waals surface area contributed by atoms with E-state index in [1.54, 1.807) is 0 Å². The highest BCUT2D eigenvalue weighted by Gasteiger charge is 2.26. The first-order chi connectivity index (χ1) is 8.65. The van der Waals surface area contributed by atoms with Gasteiger partial charge >= 0.3 is 5.97 Å². The summed E-state index contributed by atoms with van der Waals surface area (Å²) in [6.07, 6.45) is 6.46. The molecule has 2 aliphatic rings. The number of rotatable bonds is 4. The van der Waals surface area contributed by atoms with Crippen LogP contribution >= 0.6 is 0 Å². The van der Waals surface area contributed by atoms with E-state index < -0.39 is 5.97 Å². The Morgan fingerprint density at radius 2 is 2.00 bits per heavy atom. The van der Waals surface area contributed by atoms with Crippen LogP contribution in [0.1, 0.15) is 38.5 Å². The minimum Gasteiger partial charge on any atom is -0.481 e. The van der Waals surface area contributed by atoms with Gasteiger partial charge in [0.05, 0.1) is 5.92 Å². The zero-order chi connectivity index (χ0) is 13.0. The SMILES string of the molecule is CN1CCCC(NCC2CCC(C(=O)O)CC2)C1. The standard InChI is InChI=1S/C14H26N2O2/c1-16-8-2-3-13(10-16)15-9-11-4-6-12(7-5-11)14(17)18/h11-13,15H,2-10H2,1H3,(H,17,18). The van der Waals surface area contributed by atoms with Gasteiger partial charge in [0.2, 0.25) is 0 Å². The van der Waals surface area contributed by atoms with Crippen molar-refractivity contribution < 1.29 is 9.90 Å². The normalized spacial score (nSPS) is 34.4. The van der Waals surface area contributed by atoms with Gasteiger partial charge in [0, 0.05) is 12.6 Å². The lowest BCUT2D eigenvalue weighted by Crippen LogP contribution is -2.45. The third-order valence-electron chi connectivity index (χ3n) is 4.52. The number of carbonyl (C=O) groups is 1. The number of likely N-dealkylation sites (tertiary alicyclic amines) is 1. The molecule has 2 fully saturated rings. The van der Waals surface area contributed by atoms with Gasteiger partial charge < -0.3 is 15.3 Å². The minimum absolute atomic E-state index is 0.0814. The molecule has 0 aromatic heterocycles. The van der Waals surface area contributed by atoms with Crippen LogP contribution in [-0.4, -0.2) is 48.7 Å². The number of nitrogens with zero attached hydrogens (tertiary/aromatic N) is 1. The van der Waals surface area contributed by atoms with Gasteiger partial charge in [-0.25, -0.2) is 0 Å². The fourth-order valence-electron chi connectivity index (χ4n) is 3.28. The predicted molar refractivity (Wildman–Crippen MR) is 71.6 cm³/mol. The Kier molecular flexibility index (Phi) is 5.01. The molecule has 0 bridgehead atoms. The fourth-order valence-corrected chi connectivity index (χ4v) is 3.28. The van der Waals surface area contributed by atoms with Crippen LogP contribution in [0, 0.1) is 11.8 Å². The summed E-state index contributed by atoms with van der Waals surface area (Å²) >= 11 is 0. The molecule has 4 nitrogen and oxygen atoms in total. The summed E-state index contributed by atoms with van der Waals surface area (Å²) in [4.78, 5) is 13.3. The average Bonchev–Trinajstić information content (AvgIpc) is 2.37. The third-order valence-corrected chi connectivity index (χ3v) is 4.52. The van der Waals surface area contributed by atoms with Crippen LogP contribution in [0.5, 0.6) is 0 Å². The number of piperidine rings is 1. The molecule has 0 amide bonds. The topological polar surface area (TPSA) is 52.6 Å². The Hall–Kier alpha value is -0.610. The Morgan fingerprint density at radius 1 is 1.28 bits per heavy atom. The van der Waals surface area contributed by atoms with Crippen LogP contribution in [0.4, 0.5) is 0 Å². The number of hydrogen-bond donors (Lipinski definition) is 2. The second-order valence-corrected chi connectivity index (χ2v) is 6.07. The van der Waals surface area contributed by atoms with E-state index in [1.807, 2.05) is 0 Å². The lowest BCUT2D eigenvalue weighted by Gasteiger charge is -2.33. The van der Waals surface area contributed by atoms with Crippen molar-refractivity contribution in [2.45, 2.75) is 44.6 Å². The molecule has 0 aromatic carbocycles. The van der Waals surface area contributed by atoms with E-state index in [1.165, 1.54) is 19.4 Å². The number of carboxylic acids is 1. The zero-order valence-electron chi connectivity index (χ0n) is 11.4. The monoisotopic (exact) mass is 254 g/mol. The highest BCUT2D eigenvalue weighted by atomic mass is 16.4. The molecule has 2 N–H and O–H groups in total. The minimum atomic E-state index is -0.602. The summed E-state index contributed by atoms with van der Waals surface area (Å²) in [5, 5.41) is 12.6. The van der Waals surface area contributed by atoms with Crippen LogP contribution in [0.2, 0.25) is 0 Å². The molecule has 1 saturated heterocycles. The Bertz CT molecular complexity index is 275. The molecule has 1 aliphatic carbocycles. The van der Waals surface area contributed by atoms with Crippen molar-refractivity contribution in [2.24, 2.45) is 11.8 Å². The van der Waals surface area contributed by atoms with Crippen LogP contribution in [-0.2, 0) is 4.79 Å². The number of likely N-dealkylation sites (N-methyl/N-ethyl adjacent to an activating group) is 1. The van der Waals surface area contributed by atoms with Gasteiger partial charge in [-0.05, 0) is 64.6 Å². The summed E-state index contributed by atoms with van der Waals surface area (Å²) in [6, 6.07) is 0.640. The van der Waals surface area contributed by atoms with E-state index in [-0.39, 0.29) is 5.92 Å². The van der Waals surface area contributed by atoms with E-state index in [0.29, 0.717) is 12.0 Å². The molecule has 1 unspecified atom stereocenters. The van der Waals surface area contributed by atoms with Gasteiger partial charge in [0.1, 0.15) is 0 Å². The van der Waals surface area contributed by atoms with Gasteiger partial charge in [0.15, 0.2) is 0 Å². The molecule has 1 aliphatic heterocycles. The van der Waals surface area contributed by atoms with Gasteiger partial charge in [-0.1, -0.05) is 0 Å². The molecular formula is C14H26N2O2. The third kappa shape index (κ3) is 3.95. The summed E-state index contributed by atoms with van der Waals surface area (Å²) in [7, 11) is 2.19. The van der Waals surface area contributed by atoms with E-state index >= 15 is 0 Å². The number of hydrogen-bond acceptors (Lipinski definition) is 3. The molecule has 2 rings (SSSR count).